The van der Waals surface area contributed by atoms with E-state index < -0.39 is 0 Å². The molecular weight excluding hydrogens is 364 g/mol. The molecule has 17 heavy (non-hydrogen) atoms. The number of fused-ring (bicyclic) bond motifs is 5. The fourth-order valence-corrected chi connectivity index (χ4v) is 6.47. The van der Waals surface area contributed by atoms with Crippen LogP contribution in [0.25, 0.3) is 0 Å². The molecule has 0 aromatic carbocycles. The second-order valence-electron chi connectivity index (χ2n) is 5.60. The van der Waals surface area contributed by atoms with Crippen LogP contribution in [-0.4, -0.2) is 5.78 Å². The second kappa shape index (κ2) is 3.67. The van der Waals surface area contributed by atoms with Crippen molar-refractivity contribution in [2.75, 3.05) is 0 Å². The van der Waals surface area contributed by atoms with Crippen LogP contribution in [0.4, 0.5) is 0 Å². The van der Waals surface area contributed by atoms with Crippen LogP contribution in [0.1, 0.15) is 28.9 Å². The number of rotatable bonds is 2. The molecule has 90 valence electrons. The second-order valence-corrected chi connectivity index (χ2v) is 8.13. The topological polar surface area (TPSA) is 17.1 Å². The third kappa shape index (κ3) is 1.44. The van der Waals surface area contributed by atoms with Crippen LogP contribution in [0.15, 0.2) is 14.3 Å². The molecule has 0 aliphatic heterocycles. The quantitative estimate of drug-likeness (QED) is 0.681. The summed E-state index contributed by atoms with van der Waals surface area (Å²) in [4.78, 5) is 13.5. The van der Waals surface area contributed by atoms with Crippen molar-refractivity contribution in [3.05, 3.63) is 19.2 Å². The van der Waals surface area contributed by atoms with Crippen LogP contribution in [0.2, 0.25) is 0 Å². The summed E-state index contributed by atoms with van der Waals surface area (Å²) in [6, 6.07) is 0. The molecule has 4 heteroatoms. The van der Waals surface area contributed by atoms with Gasteiger partial charge in [-0.15, -0.1) is 11.3 Å². The standard InChI is InChI=1S/C13H12Br2OS/c14-7-4-17-13(11(7)15)12(16)10-8-5-1-2-6(3-5)9(8)10/h4-6,8-10H,1-3H2. The van der Waals surface area contributed by atoms with Crippen molar-refractivity contribution in [3.8, 4) is 0 Å². The average molecular weight is 376 g/mol. The summed E-state index contributed by atoms with van der Waals surface area (Å²) < 4.78 is 1.98. The summed E-state index contributed by atoms with van der Waals surface area (Å²) in [6.45, 7) is 0. The minimum absolute atomic E-state index is 0.364. The van der Waals surface area contributed by atoms with Gasteiger partial charge in [0, 0.05) is 15.8 Å². The van der Waals surface area contributed by atoms with Gasteiger partial charge >= 0.3 is 0 Å². The smallest absolute Gasteiger partial charge is 0.177 e. The Kier molecular flexibility index (Phi) is 2.41. The highest BCUT2D eigenvalue weighted by Crippen LogP contribution is 2.70. The van der Waals surface area contributed by atoms with Gasteiger partial charge in [0.05, 0.1) is 9.35 Å². The van der Waals surface area contributed by atoms with E-state index >= 15 is 0 Å². The van der Waals surface area contributed by atoms with Crippen LogP contribution >= 0.6 is 43.2 Å². The SMILES string of the molecule is O=C(c1scc(Br)c1Br)C1C2C3CCC(C3)C12. The molecule has 1 nitrogen and oxygen atoms in total. The maximum atomic E-state index is 12.5. The Morgan fingerprint density at radius 1 is 1.24 bits per heavy atom. The molecule has 3 fully saturated rings. The fourth-order valence-electron chi connectivity index (χ4n) is 4.32. The van der Waals surface area contributed by atoms with Gasteiger partial charge < -0.3 is 0 Å². The van der Waals surface area contributed by atoms with Crippen molar-refractivity contribution in [1.29, 1.82) is 0 Å². The van der Waals surface area contributed by atoms with Crippen molar-refractivity contribution >= 4 is 49.0 Å². The molecule has 0 spiro atoms. The normalized spacial score (nSPS) is 41.6. The third-order valence-electron chi connectivity index (χ3n) is 4.95. The lowest BCUT2D eigenvalue weighted by Gasteiger charge is -2.06. The van der Waals surface area contributed by atoms with E-state index in [1.54, 1.807) is 11.3 Å². The number of ketones is 1. The largest absolute Gasteiger partial charge is 0.293 e. The van der Waals surface area contributed by atoms with E-state index in [4.69, 9.17) is 0 Å². The number of hydrogen-bond donors (Lipinski definition) is 0. The zero-order valence-corrected chi connectivity index (χ0v) is 13.1. The zero-order valence-electron chi connectivity index (χ0n) is 9.16. The highest BCUT2D eigenvalue weighted by atomic mass is 79.9. The molecule has 4 atom stereocenters. The van der Waals surface area contributed by atoms with Gasteiger partial charge in [0.2, 0.25) is 0 Å². The average Bonchev–Trinajstić information content (AvgIpc) is 2.61. The first-order chi connectivity index (χ1) is 8.18. The number of thiophene rings is 1. The Morgan fingerprint density at radius 2 is 1.88 bits per heavy atom. The highest BCUT2D eigenvalue weighted by molar-refractivity contribution is 9.13. The molecule has 0 saturated heterocycles. The molecular formula is C13H12Br2OS. The van der Waals surface area contributed by atoms with Gasteiger partial charge in [-0.2, -0.15) is 0 Å². The monoisotopic (exact) mass is 374 g/mol. The van der Waals surface area contributed by atoms with E-state index in [1.165, 1.54) is 19.3 Å². The lowest BCUT2D eigenvalue weighted by Crippen LogP contribution is -2.09. The summed E-state index contributed by atoms with van der Waals surface area (Å²) in [5, 5.41) is 2.00. The Hall–Kier alpha value is 0.330. The maximum Gasteiger partial charge on any atom is 0.177 e. The van der Waals surface area contributed by atoms with Crippen LogP contribution in [0, 0.1) is 29.6 Å². The first-order valence-corrected chi connectivity index (χ1v) is 8.61. The van der Waals surface area contributed by atoms with E-state index in [0.29, 0.717) is 11.7 Å². The van der Waals surface area contributed by atoms with Gasteiger partial charge in [0.1, 0.15) is 0 Å². The highest BCUT2D eigenvalue weighted by Gasteiger charge is 2.67. The molecule has 3 aliphatic carbocycles. The number of hydrogen-bond acceptors (Lipinski definition) is 2. The van der Waals surface area contributed by atoms with Crippen molar-refractivity contribution in [2.24, 2.45) is 29.6 Å². The van der Waals surface area contributed by atoms with Crippen molar-refractivity contribution < 1.29 is 4.79 Å². The molecule has 1 aromatic rings. The summed E-state index contributed by atoms with van der Waals surface area (Å²) in [5.74, 6) is 4.01. The zero-order chi connectivity index (χ0) is 11.7. The first kappa shape index (κ1) is 11.2. The molecule has 1 aromatic heterocycles. The van der Waals surface area contributed by atoms with E-state index in [1.807, 2.05) is 5.38 Å². The summed E-state index contributed by atoms with van der Waals surface area (Å²) in [6.07, 6.45) is 4.17. The number of carbonyl (C=O) groups excluding carboxylic acids is 1. The molecule has 3 aliphatic rings. The molecule has 3 saturated carbocycles. The van der Waals surface area contributed by atoms with Gasteiger partial charge in [-0.3, -0.25) is 4.79 Å². The predicted octanol–water partition coefficient (Wildman–Crippen LogP) is 4.75. The van der Waals surface area contributed by atoms with Gasteiger partial charge in [-0.05, 0) is 74.8 Å². The van der Waals surface area contributed by atoms with Crippen molar-refractivity contribution in [3.63, 3.8) is 0 Å². The van der Waals surface area contributed by atoms with Crippen LogP contribution in [0.5, 0.6) is 0 Å². The minimum atomic E-state index is 0.364. The Bertz CT molecular complexity index is 494. The fraction of sp³-hybridized carbons (Fsp3) is 0.615. The van der Waals surface area contributed by atoms with Crippen LogP contribution < -0.4 is 0 Å². The molecule has 4 unspecified atom stereocenters. The van der Waals surface area contributed by atoms with Crippen molar-refractivity contribution in [1.82, 2.24) is 0 Å². The summed E-state index contributed by atoms with van der Waals surface area (Å²) in [7, 11) is 0. The van der Waals surface area contributed by atoms with E-state index in [2.05, 4.69) is 31.9 Å². The van der Waals surface area contributed by atoms with E-state index in [0.717, 1.165) is 37.5 Å². The lowest BCUT2D eigenvalue weighted by molar-refractivity contribution is 0.0948. The first-order valence-electron chi connectivity index (χ1n) is 6.15. The maximum absolute atomic E-state index is 12.5. The predicted molar refractivity (Wildman–Crippen MR) is 75.4 cm³/mol. The van der Waals surface area contributed by atoms with Crippen molar-refractivity contribution in [2.45, 2.75) is 19.3 Å². The Labute approximate surface area is 121 Å². The van der Waals surface area contributed by atoms with Crippen LogP contribution in [0.3, 0.4) is 0 Å². The lowest BCUT2D eigenvalue weighted by atomic mass is 9.99. The number of Topliss-reactive ketones (excluding diaryl/α,β-unsaturated/α-hetero) is 1. The summed E-state index contributed by atoms with van der Waals surface area (Å²) in [5.41, 5.74) is 0. The Morgan fingerprint density at radius 3 is 2.41 bits per heavy atom. The minimum Gasteiger partial charge on any atom is -0.293 e. The van der Waals surface area contributed by atoms with Crippen LogP contribution in [-0.2, 0) is 0 Å². The van der Waals surface area contributed by atoms with Gasteiger partial charge in [-0.1, -0.05) is 0 Å². The number of halogens is 2. The number of carbonyl (C=O) groups is 1. The van der Waals surface area contributed by atoms with Gasteiger partial charge in [0.15, 0.2) is 5.78 Å². The molecule has 0 N–H and O–H groups in total. The van der Waals surface area contributed by atoms with Gasteiger partial charge in [0.25, 0.3) is 0 Å². The van der Waals surface area contributed by atoms with Gasteiger partial charge in [-0.25, -0.2) is 0 Å². The van der Waals surface area contributed by atoms with E-state index in [-0.39, 0.29) is 0 Å². The Balaban J connectivity index is 1.62. The summed E-state index contributed by atoms with van der Waals surface area (Å²) >= 11 is 8.55. The molecule has 0 amide bonds. The molecule has 0 radical (unpaired) electrons. The molecule has 4 rings (SSSR count). The molecule has 2 bridgehead atoms. The third-order valence-corrected chi connectivity index (χ3v) is 8.49. The van der Waals surface area contributed by atoms with E-state index in [9.17, 15) is 4.79 Å². The molecule has 1 heterocycles.